The molecule has 5 amide bonds. The Bertz CT molecular complexity index is 1210. The predicted molar refractivity (Wildman–Crippen MR) is 164 cm³/mol. The minimum atomic E-state index is -1.15. The first-order chi connectivity index (χ1) is 21.0. The zero-order valence-electron chi connectivity index (χ0n) is 27.1. The third kappa shape index (κ3) is 12.3. The van der Waals surface area contributed by atoms with Crippen LogP contribution in [0.4, 0.5) is 4.79 Å². The van der Waals surface area contributed by atoms with E-state index in [-0.39, 0.29) is 31.1 Å². The minimum Gasteiger partial charge on any atom is -0.508 e. The molecule has 4 atom stereocenters. The second-order valence-corrected chi connectivity index (χ2v) is 12.5. The molecule has 0 radical (unpaired) electrons. The molecule has 0 aliphatic carbocycles. The average Bonchev–Trinajstić information content (AvgIpc) is 3.45. The normalized spacial score (nSPS) is 16.6. The Morgan fingerprint density at radius 1 is 0.933 bits per heavy atom. The highest BCUT2D eigenvalue weighted by molar-refractivity contribution is 5.95. The van der Waals surface area contributed by atoms with Crippen LogP contribution in [0.1, 0.15) is 66.4 Å². The molecule has 0 unspecified atom stereocenters. The fourth-order valence-corrected chi connectivity index (χ4v) is 4.66. The fourth-order valence-electron chi connectivity index (χ4n) is 4.66. The van der Waals surface area contributed by atoms with E-state index in [9.17, 15) is 33.9 Å². The van der Waals surface area contributed by atoms with Gasteiger partial charge in [-0.1, -0.05) is 26.0 Å². The van der Waals surface area contributed by atoms with Gasteiger partial charge in [-0.25, -0.2) is 4.79 Å². The molecular formula is C31H47N5O9. The number of phenolic OH excluding ortho intramolecular Hbond substituents is 1. The van der Waals surface area contributed by atoms with Crippen LogP contribution < -0.4 is 21.3 Å². The van der Waals surface area contributed by atoms with Crippen molar-refractivity contribution in [3.63, 3.8) is 0 Å². The van der Waals surface area contributed by atoms with E-state index >= 15 is 0 Å². The van der Waals surface area contributed by atoms with E-state index in [2.05, 4.69) is 26.0 Å². The Kier molecular flexibility index (Phi) is 13.6. The number of phenols is 1. The lowest BCUT2D eigenvalue weighted by Crippen LogP contribution is -2.58. The molecule has 14 nitrogen and oxygen atoms in total. The van der Waals surface area contributed by atoms with Crippen LogP contribution >= 0.6 is 0 Å². The van der Waals surface area contributed by atoms with Crippen LogP contribution in [-0.2, 0) is 39.9 Å². The van der Waals surface area contributed by atoms with E-state index in [4.69, 9.17) is 4.74 Å². The number of ether oxygens (including phenoxy) is 2. The molecule has 1 aromatic carbocycles. The number of methoxy groups -OCH3 is 1. The van der Waals surface area contributed by atoms with Crippen LogP contribution in [0.25, 0.3) is 0 Å². The van der Waals surface area contributed by atoms with Crippen molar-refractivity contribution < 1.29 is 43.3 Å². The van der Waals surface area contributed by atoms with E-state index < -0.39 is 65.5 Å². The number of nitrogens with one attached hydrogen (secondary N) is 4. The lowest BCUT2D eigenvalue weighted by Gasteiger charge is -2.29. The molecule has 45 heavy (non-hydrogen) atoms. The smallest absolute Gasteiger partial charge is 0.410 e. The second-order valence-electron chi connectivity index (χ2n) is 12.5. The molecule has 14 heteroatoms. The molecule has 1 aliphatic heterocycles. The quantitative estimate of drug-likeness (QED) is 0.198. The molecule has 1 heterocycles. The van der Waals surface area contributed by atoms with Gasteiger partial charge in [-0.05, 0) is 70.6 Å². The monoisotopic (exact) mass is 633 g/mol. The number of hydrogen-bond acceptors (Lipinski definition) is 9. The summed E-state index contributed by atoms with van der Waals surface area (Å²) in [5.74, 6) is -3.09. The van der Waals surface area contributed by atoms with Gasteiger partial charge in [-0.3, -0.25) is 28.9 Å². The van der Waals surface area contributed by atoms with Crippen LogP contribution in [0, 0.1) is 5.92 Å². The number of likely N-dealkylation sites (tertiary alicyclic amines) is 1. The maximum Gasteiger partial charge on any atom is 0.410 e. The Morgan fingerprint density at radius 2 is 1.56 bits per heavy atom. The van der Waals surface area contributed by atoms with Gasteiger partial charge < -0.3 is 35.8 Å². The molecule has 1 aromatic rings. The van der Waals surface area contributed by atoms with Crippen molar-refractivity contribution in [1.82, 2.24) is 26.2 Å². The van der Waals surface area contributed by atoms with Crippen LogP contribution in [-0.4, -0.2) is 95.7 Å². The first kappa shape index (κ1) is 36.8. The van der Waals surface area contributed by atoms with E-state index in [1.165, 1.54) is 31.1 Å². The number of rotatable bonds is 13. The number of aromatic hydroxyl groups is 1. The molecule has 0 aromatic heterocycles. The van der Waals surface area contributed by atoms with Crippen molar-refractivity contribution in [1.29, 1.82) is 0 Å². The number of amides is 5. The Balaban J connectivity index is 2.23. The molecule has 0 spiro atoms. The van der Waals surface area contributed by atoms with Gasteiger partial charge in [0.05, 0.1) is 7.11 Å². The van der Waals surface area contributed by atoms with E-state index in [1.807, 2.05) is 13.8 Å². The van der Waals surface area contributed by atoms with E-state index in [0.29, 0.717) is 24.9 Å². The van der Waals surface area contributed by atoms with Gasteiger partial charge >= 0.3 is 12.1 Å². The molecular weight excluding hydrogens is 586 g/mol. The van der Waals surface area contributed by atoms with Gasteiger partial charge in [0.25, 0.3) is 0 Å². The first-order valence-corrected chi connectivity index (χ1v) is 15.0. The van der Waals surface area contributed by atoms with Crippen molar-refractivity contribution >= 4 is 35.7 Å². The summed E-state index contributed by atoms with van der Waals surface area (Å²) in [7, 11) is 1.18. The standard InChI is InChI=1S/C31H47N5O9/c1-18(2)15-22(27(40)33-19(3)26(39)32-17-25(38)44-7)34-28(41)23(16-20-10-12-21(37)13-11-20)35-29(42)24-9-8-14-36(24)30(43)45-31(4,5)6/h10-13,18-19,22-24,37H,8-9,14-17H2,1-7H3,(H,32,39)(H,33,40)(H,34,41)(H,35,42)/t19-,22-,23-,24-/m0/s1. The van der Waals surface area contributed by atoms with Gasteiger partial charge in [0.2, 0.25) is 23.6 Å². The fraction of sp³-hybridized carbons (Fsp3) is 0.613. The number of hydrogen-bond donors (Lipinski definition) is 5. The third-order valence-electron chi connectivity index (χ3n) is 6.92. The molecule has 0 bridgehead atoms. The van der Waals surface area contributed by atoms with Crippen LogP contribution in [0.2, 0.25) is 0 Å². The molecule has 0 saturated carbocycles. The molecule has 1 fully saturated rings. The van der Waals surface area contributed by atoms with E-state index in [0.717, 1.165) is 0 Å². The largest absolute Gasteiger partial charge is 0.508 e. The molecule has 250 valence electrons. The van der Waals surface area contributed by atoms with Crippen LogP contribution in [0.5, 0.6) is 5.75 Å². The topological polar surface area (TPSA) is 192 Å². The lowest BCUT2D eigenvalue weighted by molar-refractivity contribution is -0.141. The molecule has 1 aliphatic rings. The Morgan fingerprint density at radius 3 is 2.13 bits per heavy atom. The summed E-state index contributed by atoms with van der Waals surface area (Å²) in [6.45, 7) is 10.3. The summed E-state index contributed by atoms with van der Waals surface area (Å²) in [6.07, 6.45) is 0.585. The molecule has 2 rings (SSSR count). The number of esters is 1. The summed E-state index contributed by atoms with van der Waals surface area (Å²) in [4.78, 5) is 78.3. The predicted octanol–water partition coefficient (Wildman–Crippen LogP) is 1.14. The number of benzene rings is 1. The Labute approximate surface area is 263 Å². The van der Waals surface area contributed by atoms with Crippen molar-refractivity contribution in [2.45, 2.75) is 97.0 Å². The highest BCUT2D eigenvalue weighted by Crippen LogP contribution is 2.21. The van der Waals surface area contributed by atoms with Gasteiger partial charge in [-0.2, -0.15) is 0 Å². The summed E-state index contributed by atoms with van der Waals surface area (Å²) >= 11 is 0. The summed E-state index contributed by atoms with van der Waals surface area (Å²) in [6, 6.07) is 2.04. The maximum atomic E-state index is 13.7. The van der Waals surface area contributed by atoms with Gasteiger partial charge in [-0.15, -0.1) is 0 Å². The van der Waals surface area contributed by atoms with Crippen LogP contribution in [0.3, 0.4) is 0 Å². The van der Waals surface area contributed by atoms with Gasteiger partial charge in [0.1, 0.15) is 42.1 Å². The van der Waals surface area contributed by atoms with Crippen molar-refractivity contribution in [3.05, 3.63) is 29.8 Å². The lowest BCUT2D eigenvalue weighted by atomic mass is 10.0. The highest BCUT2D eigenvalue weighted by Gasteiger charge is 2.38. The van der Waals surface area contributed by atoms with Gasteiger partial charge in [0.15, 0.2) is 0 Å². The van der Waals surface area contributed by atoms with Crippen LogP contribution in [0.15, 0.2) is 24.3 Å². The number of carbonyl (C=O) groups excluding carboxylic acids is 6. The summed E-state index contributed by atoms with van der Waals surface area (Å²) in [5.41, 5.74) is -0.127. The Hall–Kier alpha value is -4.36. The van der Waals surface area contributed by atoms with Crippen molar-refractivity contribution in [2.24, 2.45) is 5.92 Å². The second kappa shape index (κ2) is 16.6. The number of carbonyl (C=O) groups is 6. The zero-order valence-corrected chi connectivity index (χ0v) is 27.1. The van der Waals surface area contributed by atoms with Crippen molar-refractivity contribution in [3.8, 4) is 5.75 Å². The SMILES string of the molecule is COC(=O)CNC(=O)[C@H](C)NC(=O)[C@H](CC(C)C)NC(=O)[C@H](Cc1ccc(O)cc1)NC(=O)[C@@H]1CCCN1C(=O)OC(C)(C)C. The first-order valence-electron chi connectivity index (χ1n) is 15.0. The average molecular weight is 634 g/mol. The maximum absolute atomic E-state index is 13.7. The highest BCUT2D eigenvalue weighted by atomic mass is 16.6. The van der Waals surface area contributed by atoms with Crippen molar-refractivity contribution in [2.75, 3.05) is 20.2 Å². The summed E-state index contributed by atoms with van der Waals surface area (Å²) in [5, 5.41) is 20.1. The van der Waals surface area contributed by atoms with Gasteiger partial charge in [0, 0.05) is 13.0 Å². The number of nitrogens with zero attached hydrogens (tertiary/aromatic N) is 1. The zero-order chi connectivity index (χ0) is 33.9. The minimum absolute atomic E-state index is 0.0271. The summed E-state index contributed by atoms with van der Waals surface area (Å²) < 4.78 is 9.96. The molecule has 1 saturated heterocycles. The molecule has 5 N–H and O–H groups in total. The van der Waals surface area contributed by atoms with E-state index in [1.54, 1.807) is 32.9 Å². The third-order valence-corrected chi connectivity index (χ3v) is 6.92.